The number of anilines is 1. The van der Waals surface area contributed by atoms with E-state index in [0.717, 1.165) is 129 Å². The molecule has 0 bridgehead atoms. The van der Waals surface area contributed by atoms with Crippen molar-refractivity contribution in [1.82, 2.24) is 59.0 Å². The van der Waals surface area contributed by atoms with Gasteiger partial charge in [0.1, 0.15) is 48.0 Å². The largest absolute Gasteiger partial charge is 0.493 e. The van der Waals surface area contributed by atoms with Crippen molar-refractivity contribution in [3.05, 3.63) is 130 Å². The quantitative estimate of drug-likeness (QED) is 0.0662. The lowest BCUT2D eigenvalue weighted by atomic mass is 9.91. The molecule has 9 heterocycles. The van der Waals surface area contributed by atoms with Gasteiger partial charge in [0.2, 0.25) is 0 Å². The van der Waals surface area contributed by atoms with Gasteiger partial charge < -0.3 is 38.3 Å². The molecule has 0 unspecified atom stereocenters. The molecular weight excluding hydrogens is 1110 g/mol. The number of aromatic nitrogens is 12. The average Bonchev–Trinajstić information content (AvgIpc) is 3.54. The van der Waals surface area contributed by atoms with E-state index in [1.807, 2.05) is 59.5 Å². The molecular formula is C63H77N13O7Si2. The standard InChI is InChI=1S/C31H37N7O3Si.C20H24N6O2Si.C12H16O2/c1-20-35-26-13-22(16-32-30(26)38(20)19-41-11-12-42(4,5)6)24-7-8-25-29(36-24)31(34-18-33-25)37-10-9-21-14-27(39-2)28(40-3)15-23(21)17-37;1-13-24-17-9-14(15-5-6-16-18(25-15)20(27)23-11-22-16)10-21-19(17)26(13)12-28-7-8-29(2,3)4;1-13-11-7-9-5-3-4-6-10(9)8-12(11)14-2/h7-8,13-16,18H,9-12,17,19H2,1-6H3;5-6,9-11H,7-8,12H2,1-4H3,(H,22,23,27);7-8H,3-6H2,1-2H3. The zero-order chi connectivity index (χ0) is 60.0. The molecule has 444 valence electrons. The maximum absolute atomic E-state index is 12.0. The van der Waals surface area contributed by atoms with Crippen molar-refractivity contribution in [2.75, 3.05) is 53.1 Å². The van der Waals surface area contributed by atoms with Crippen molar-refractivity contribution in [1.29, 1.82) is 0 Å². The van der Waals surface area contributed by atoms with Crippen LogP contribution >= 0.6 is 0 Å². The topological polar surface area (TPSA) is 217 Å². The number of hydrogen-bond donors (Lipinski definition) is 1. The van der Waals surface area contributed by atoms with Gasteiger partial charge in [-0.25, -0.2) is 44.9 Å². The minimum atomic E-state index is -1.14. The van der Waals surface area contributed by atoms with Crippen LogP contribution in [-0.2, 0) is 48.7 Å². The molecule has 12 rings (SSSR count). The van der Waals surface area contributed by atoms with Crippen molar-refractivity contribution in [2.24, 2.45) is 0 Å². The summed E-state index contributed by atoms with van der Waals surface area (Å²) in [6.07, 6.45) is 12.4. The molecule has 1 aliphatic heterocycles. The van der Waals surface area contributed by atoms with Crippen LogP contribution in [0.15, 0.2) is 90.5 Å². The number of pyridine rings is 4. The molecule has 0 saturated heterocycles. The number of benzene rings is 2. The summed E-state index contributed by atoms with van der Waals surface area (Å²) in [5.74, 6) is 5.73. The van der Waals surface area contributed by atoms with Crippen LogP contribution < -0.4 is 29.4 Å². The van der Waals surface area contributed by atoms with Crippen molar-refractivity contribution < 1.29 is 28.4 Å². The predicted molar refractivity (Wildman–Crippen MR) is 339 cm³/mol. The SMILES string of the molecule is COc1cc2c(cc1OC)CCCC2.COc1cc2c(cc1OC)CN(c1ncnc3ccc(-c4cnc5c(c4)nc(C)n5COCC[Si](C)(C)C)nc13)CC2.Cc1nc2cc(-c3ccc4nc[nH]c(=O)c4n3)cnc2n1COCC[Si](C)(C)C. The number of nitrogens with one attached hydrogen (secondary N) is 1. The van der Waals surface area contributed by atoms with Gasteiger partial charge in [-0.2, -0.15) is 0 Å². The Hall–Kier alpha value is -8.19. The summed E-state index contributed by atoms with van der Waals surface area (Å²) in [5.41, 5.74) is 13.8. The maximum Gasteiger partial charge on any atom is 0.277 e. The van der Waals surface area contributed by atoms with E-state index >= 15 is 0 Å². The van der Waals surface area contributed by atoms with E-state index < -0.39 is 16.1 Å². The van der Waals surface area contributed by atoms with Crippen LogP contribution in [0.2, 0.25) is 51.4 Å². The second-order valence-electron chi connectivity index (χ2n) is 23.9. The number of imidazole rings is 2. The van der Waals surface area contributed by atoms with Gasteiger partial charge in [-0.1, -0.05) is 39.3 Å². The highest BCUT2D eigenvalue weighted by Crippen LogP contribution is 2.37. The summed E-state index contributed by atoms with van der Waals surface area (Å²) in [6.45, 7) is 21.9. The zero-order valence-corrected chi connectivity index (χ0v) is 53.0. The van der Waals surface area contributed by atoms with Crippen LogP contribution in [0.1, 0.15) is 46.7 Å². The molecule has 2 aliphatic rings. The van der Waals surface area contributed by atoms with Crippen LogP contribution in [-0.4, -0.2) is 123 Å². The first-order valence-electron chi connectivity index (χ1n) is 28.9. The van der Waals surface area contributed by atoms with Gasteiger partial charge in [0.25, 0.3) is 5.56 Å². The molecule has 0 saturated carbocycles. The van der Waals surface area contributed by atoms with Crippen LogP contribution in [0.4, 0.5) is 5.82 Å². The molecule has 1 aliphatic carbocycles. The first-order chi connectivity index (χ1) is 40.9. The number of aromatic amines is 1. The Kier molecular flexibility index (Phi) is 18.3. The Morgan fingerprint density at radius 3 is 1.49 bits per heavy atom. The van der Waals surface area contributed by atoms with E-state index in [4.69, 9.17) is 43.4 Å². The van der Waals surface area contributed by atoms with E-state index in [-0.39, 0.29) is 5.56 Å². The molecule has 0 amide bonds. The van der Waals surface area contributed by atoms with Crippen molar-refractivity contribution >= 4 is 66.4 Å². The molecule has 1 N–H and O–H groups in total. The lowest BCUT2D eigenvalue weighted by Crippen LogP contribution is -2.31. The second-order valence-corrected chi connectivity index (χ2v) is 35.1. The highest BCUT2D eigenvalue weighted by molar-refractivity contribution is 6.76. The summed E-state index contributed by atoms with van der Waals surface area (Å²) in [7, 11) is 4.44. The highest BCUT2D eigenvalue weighted by Gasteiger charge is 2.24. The Morgan fingerprint density at radius 1 is 0.529 bits per heavy atom. The zero-order valence-electron chi connectivity index (χ0n) is 51.0. The maximum atomic E-state index is 12.0. The molecule has 2 aromatic carbocycles. The van der Waals surface area contributed by atoms with E-state index in [1.165, 1.54) is 54.3 Å². The first kappa shape index (κ1) is 60.0. The van der Waals surface area contributed by atoms with Gasteiger partial charge in [0.05, 0.1) is 57.2 Å². The highest BCUT2D eigenvalue weighted by atomic mass is 28.3. The lowest BCUT2D eigenvalue weighted by Gasteiger charge is -2.30. The van der Waals surface area contributed by atoms with Crippen LogP contribution in [0.5, 0.6) is 23.0 Å². The lowest BCUT2D eigenvalue weighted by molar-refractivity contribution is 0.0880. The normalized spacial score (nSPS) is 13.2. The number of fused-ring (bicyclic) bond motifs is 6. The molecule has 10 aromatic rings. The van der Waals surface area contributed by atoms with E-state index in [2.05, 4.69) is 103 Å². The number of nitrogens with zero attached hydrogens (tertiary/aromatic N) is 12. The molecule has 85 heavy (non-hydrogen) atoms. The monoisotopic (exact) mass is 1180 g/mol. The third kappa shape index (κ3) is 14.0. The smallest absolute Gasteiger partial charge is 0.277 e. The second kappa shape index (κ2) is 26.0. The first-order valence-corrected chi connectivity index (χ1v) is 36.3. The van der Waals surface area contributed by atoms with Gasteiger partial charge in [0.15, 0.2) is 45.6 Å². The predicted octanol–water partition coefficient (Wildman–Crippen LogP) is 11.6. The van der Waals surface area contributed by atoms with E-state index in [1.54, 1.807) is 47.0 Å². The number of rotatable bonds is 17. The van der Waals surface area contributed by atoms with E-state index in [0.29, 0.717) is 36.7 Å². The minimum absolute atomic E-state index is 0.263. The fourth-order valence-corrected chi connectivity index (χ4v) is 12.0. The Bertz CT molecular complexity index is 4040. The van der Waals surface area contributed by atoms with Gasteiger partial charge in [-0.05, 0) is 141 Å². The van der Waals surface area contributed by atoms with Crippen LogP contribution in [0, 0.1) is 13.8 Å². The molecule has 0 spiro atoms. The van der Waals surface area contributed by atoms with Gasteiger partial charge >= 0.3 is 0 Å². The molecule has 22 heteroatoms. The number of hydrogen-bond acceptors (Lipinski definition) is 17. The van der Waals surface area contributed by atoms with Gasteiger partial charge in [-0.3, -0.25) is 13.9 Å². The van der Waals surface area contributed by atoms with Crippen molar-refractivity contribution in [3.8, 4) is 45.5 Å². The molecule has 0 atom stereocenters. The average molecular weight is 1180 g/mol. The molecule has 20 nitrogen and oxygen atoms in total. The van der Waals surface area contributed by atoms with Crippen LogP contribution in [0.25, 0.3) is 66.9 Å². The summed E-state index contributed by atoms with van der Waals surface area (Å²) in [6, 6.07) is 22.2. The van der Waals surface area contributed by atoms with Gasteiger partial charge in [0, 0.05) is 66.0 Å². The van der Waals surface area contributed by atoms with E-state index in [9.17, 15) is 4.79 Å². The Balaban J connectivity index is 0.000000160. The fraction of sp³-hybridized carbons (Fsp3) is 0.397. The van der Waals surface area contributed by atoms with Crippen LogP contribution in [0.3, 0.4) is 0 Å². The minimum Gasteiger partial charge on any atom is -0.493 e. The third-order valence-corrected chi connectivity index (χ3v) is 18.8. The Labute approximate surface area is 497 Å². The summed E-state index contributed by atoms with van der Waals surface area (Å²) in [4.78, 5) is 58.4. The molecule has 0 radical (unpaired) electrons. The summed E-state index contributed by atoms with van der Waals surface area (Å²) >= 11 is 0. The van der Waals surface area contributed by atoms with Crippen molar-refractivity contribution in [3.63, 3.8) is 0 Å². The fourth-order valence-electron chi connectivity index (χ4n) is 10.5. The Morgan fingerprint density at radius 2 is 1.00 bits per heavy atom. The van der Waals surface area contributed by atoms with Crippen molar-refractivity contribution in [2.45, 2.75) is 117 Å². The number of H-pyrrole nitrogens is 1. The summed E-state index contributed by atoms with van der Waals surface area (Å²) in [5, 5.41) is 0. The number of aryl methyl sites for hydroxylation is 4. The molecule has 8 aromatic heterocycles. The number of methoxy groups -OCH3 is 4. The summed E-state index contributed by atoms with van der Waals surface area (Å²) < 4.78 is 37.5. The van der Waals surface area contributed by atoms with Gasteiger partial charge in [-0.15, -0.1) is 0 Å². The molecule has 0 fully saturated rings. The number of ether oxygens (including phenoxy) is 6. The third-order valence-electron chi connectivity index (χ3n) is 15.4.